The maximum absolute atomic E-state index is 4.40. The predicted octanol–water partition coefficient (Wildman–Crippen LogP) is 1.44. The molecule has 0 radical (unpaired) electrons. The van der Waals surface area contributed by atoms with E-state index in [9.17, 15) is 0 Å². The van der Waals surface area contributed by atoms with Crippen LogP contribution in [0, 0.1) is 6.92 Å². The van der Waals surface area contributed by atoms with Crippen molar-refractivity contribution in [3.63, 3.8) is 0 Å². The van der Waals surface area contributed by atoms with Crippen molar-refractivity contribution in [3.05, 3.63) is 17.5 Å². The van der Waals surface area contributed by atoms with Crippen molar-refractivity contribution in [3.8, 4) is 0 Å². The third-order valence-corrected chi connectivity index (χ3v) is 4.49. The average molecular weight is 248 g/mol. The van der Waals surface area contributed by atoms with Crippen LogP contribution >= 0.6 is 0 Å². The molecule has 2 atom stereocenters. The average Bonchev–Trinajstić information content (AvgIpc) is 2.92. The fraction of sp³-hybridized carbons (Fsp3) is 0.786. The van der Waals surface area contributed by atoms with Gasteiger partial charge in [-0.25, -0.2) is 0 Å². The minimum absolute atomic E-state index is 0.694. The van der Waals surface area contributed by atoms with E-state index in [1.165, 1.54) is 44.5 Å². The normalized spacial score (nSPS) is 28.6. The largest absolute Gasteiger partial charge is 0.308 e. The molecular weight excluding hydrogens is 224 g/mol. The molecule has 0 aromatic carbocycles. The highest BCUT2D eigenvalue weighted by molar-refractivity contribution is 5.08. The van der Waals surface area contributed by atoms with Crippen molar-refractivity contribution >= 4 is 0 Å². The van der Waals surface area contributed by atoms with Crippen molar-refractivity contribution in [2.24, 2.45) is 7.05 Å². The Hall–Kier alpha value is -0.870. The van der Waals surface area contributed by atoms with Gasteiger partial charge in [0.1, 0.15) is 0 Å². The van der Waals surface area contributed by atoms with Crippen LogP contribution < -0.4 is 5.32 Å². The molecule has 2 fully saturated rings. The molecular formula is C14H24N4. The predicted molar refractivity (Wildman–Crippen MR) is 72.4 cm³/mol. The van der Waals surface area contributed by atoms with Crippen LogP contribution in [0.5, 0.6) is 0 Å². The summed E-state index contributed by atoms with van der Waals surface area (Å²) in [5, 5.41) is 8.11. The Labute approximate surface area is 109 Å². The topological polar surface area (TPSA) is 33.1 Å². The highest BCUT2D eigenvalue weighted by Gasteiger charge is 2.31. The van der Waals surface area contributed by atoms with E-state index in [0.717, 1.165) is 18.3 Å². The molecule has 4 heteroatoms. The van der Waals surface area contributed by atoms with Crippen LogP contribution in [0.4, 0.5) is 0 Å². The first-order valence-corrected chi connectivity index (χ1v) is 7.19. The van der Waals surface area contributed by atoms with Crippen LogP contribution in [0.3, 0.4) is 0 Å². The molecule has 1 N–H and O–H groups in total. The van der Waals surface area contributed by atoms with Gasteiger partial charge in [-0.1, -0.05) is 0 Å². The molecule has 4 nitrogen and oxygen atoms in total. The van der Waals surface area contributed by atoms with Gasteiger partial charge in [0, 0.05) is 25.7 Å². The van der Waals surface area contributed by atoms with Crippen LogP contribution in [0.25, 0.3) is 0 Å². The zero-order chi connectivity index (χ0) is 12.5. The minimum atomic E-state index is 0.694. The Balaban J connectivity index is 1.53. The standard InChI is InChI=1S/C14H24N4/c1-11-8-14(17(2)16-11)10-15-12-5-7-18-6-3-4-13(18)9-12/h8,12-13,15H,3-7,9-10H2,1-2H3. The van der Waals surface area contributed by atoms with Gasteiger partial charge in [0.15, 0.2) is 0 Å². The molecule has 2 aliphatic rings. The van der Waals surface area contributed by atoms with Gasteiger partial charge >= 0.3 is 0 Å². The van der Waals surface area contributed by atoms with E-state index in [0.29, 0.717) is 6.04 Å². The van der Waals surface area contributed by atoms with Crippen LogP contribution in [-0.2, 0) is 13.6 Å². The summed E-state index contributed by atoms with van der Waals surface area (Å²) in [6.45, 7) is 5.63. The van der Waals surface area contributed by atoms with E-state index in [2.05, 4.69) is 28.3 Å². The van der Waals surface area contributed by atoms with Gasteiger partial charge in [0.25, 0.3) is 0 Å². The van der Waals surface area contributed by atoms with E-state index in [1.807, 2.05) is 11.7 Å². The lowest BCUT2D eigenvalue weighted by molar-refractivity contribution is 0.166. The van der Waals surface area contributed by atoms with Crippen molar-refractivity contribution in [1.29, 1.82) is 0 Å². The van der Waals surface area contributed by atoms with Crippen molar-refractivity contribution in [2.75, 3.05) is 13.1 Å². The number of hydrogen-bond acceptors (Lipinski definition) is 3. The van der Waals surface area contributed by atoms with Gasteiger partial charge in [-0.05, 0) is 51.8 Å². The van der Waals surface area contributed by atoms with Gasteiger partial charge in [-0.15, -0.1) is 0 Å². The zero-order valence-electron chi connectivity index (χ0n) is 11.5. The quantitative estimate of drug-likeness (QED) is 0.879. The van der Waals surface area contributed by atoms with Gasteiger partial charge in [-0.2, -0.15) is 5.10 Å². The summed E-state index contributed by atoms with van der Waals surface area (Å²) in [5.41, 5.74) is 2.40. The van der Waals surface area contributed by atoms with Crippen LogP contribution in [0.2, 0.25) is 0 Å². The lowest BCUT2D eigenvalue weighted by Gasteiger charge is -2.35. The fourth-order valence-corrected chi connectivity index (χ4v) is 3.49. The summed E-state index contributed by atoms with van der Waals surface area (Å²) in [5.74, 6) is 0. The fourth-order valence-electron chi connectivity index (χ4n) is 3.49. The molecule has 0 spiro atoms. The van der Waals surface area contributed by atoms with Crippen LogP contribution in [0.15, 0.2) is 6.07 Å². The lowest BCUT2D eigenvalue weighted by atomic mass is 9.97. The van der Waals surface area contributed by atoms with Crippen molar-refractivity contribution < 1.29 is 0 Å². The number of nitrogens with zero attached hydrogens (tertiary/aromatic N) is 3. The lowest BCUT2D eigenvalue weighted by Crippen LogP contribution is -2.45. The first kappa shape index (κ1) is 12.2. The molecule has 1 aromatic rings. The van der Waals surface area contributed by atoms with E-state index in [1.54, 1.807) is 0 Å². The zero-order valence-corrected chi connectivity index (χ0v) is 11.5. The Bertz CT molecular complexity index is 412. The van der Waals surface area contributed by atoms with Crippen molar-refractivity contribution in [1.82, 2.24) is 20.0 Å². The van der Waals surface area contributed by atoms with E-state index in [4.69, 9.17) is 0 Å². The molecule has 0 bridgehead atoms. The number of nitrogens with one attached hydrogen (secondary N) is 1. The molecule has 18 heavy (non-hydrogen) atoms. The molecule has 3 heterocycles. The highest BCUT2D eigenvalue weighted by atomic mass is 15.3. The van der Waals surface area contributed by atoms with E-state index in [-0.39, 0.29) is 0 Å². The SMILES string of the molecule is Cc1cc(CNC2CCN3CCCC3C2)n(C)n1. The number of aromatic nitrogens is 2. The second-order valence-corrected chi connectivity index (χ2v) is 5.83. The van der Waals surface area contributed by atoms with Gasteiger partial charge in [0.2, 0.25) is 0 Å². The first-order chi connectivity index (χ1) is 8.72. The van der Waals surface area contributed by atoms with Gasteiger partial charge in [-0.3, -0.25) is 4.68 Å². The Kier molecular flexibility index (Phi) is 3.39. The monoisotopic (exact) mass is 248 g/mol. The second-order valence-electron chi connectivity index (χ2n) is 5.83. The molecule has 0 saturated carbocycles. The van der Waals surface area contributed by atoms with Gasteiger partial charge < -0.3 is 10.2 Å². The first-order valence-electron chi connectivity index (χ1n) is 7.19. The number of fused-ring (bicyclic) bond motifs is 1. The maximum atomic E-state index is 4.40. The van der Waals surface area contributed by atoms with Gasteiger partial charge in [0.05, 0.1) is 11.4 Å². The smallest absolute Gasteiger partial charge is 0.0597 e. The summed E-state index contributed by atoms with van der Waals surface area (Å²) in [4.78, 5) is 2.67. The molecule has 3 rings (SSSR count). The highest BCUT2D eigenvalue weighted by Crippen LogP contribution is 2.26. The summed E-state index contributed by atoms with van der Waals surface area (Å²) in [6.07, 6.45) is 5.44. The number of piperidine rings is 1. The van der Waals surface area contributed by atoms with Crippen molar-refractivity contribution in [2.45, 2.75) is 51.2 Å². The maximum Gasteiger partial charge on any atom is 0.0597 e. The summed E-state index contributed by atoms with van der Waals surface area (Å²) in [7, 11) is 2.03. The third-order valence-electron chi connectivity index (χ3n) is 4.49. The van der Waals surface area contributed by atoms with Crippen LogP contribution in [-0.4, -0.2) is 39.9 Å². The number of aryl methyl sites for hydroxylation is 2. The Morgan fingerprint density at radius 1 is 1.39 bits per heavy atom. The molecule has 0 aliphatic carbocycles. The molecule has 0 amide bonds. The van der Waals surface area contributed by atoms with E-state index < -0.39 is 0 Å². The molecule has 100 valence electrons. The van der Waals surface area contributed by atoms with E-state index >= 15 is 0 Å². The van der Waals surface area contributed by atoms with Crippen LogP contribution in [0.1, 0.15) is 37.1 Å². The summed E-state index contributed by atoms with van der Waals surface area (Å²) >= 11 is 0. The third kappa shape index (κ3) is 2.45. The minimum Gasteiger partial charge on any atom is -0.308 e. The molecule has 2 unspecified atom stereocenters. The Morgan fingerprint density at radius 3 is 3.06 bits per heavy atom. The molecule has 2 saturated heterocycles. The Morgan fingerprint density at radius 2 is 2.28 bits per heavy atom. The number of hydrogen-bond donors (Lipinski definition) is 1. The second kappa shape index (κ2) is 5.02. The summed E-state index contributed by atoms with van der Waals surface area (Å²) < 4.78 is 1.99. The molecule has 1 aromatic heterocycles. The number of rotatable bonds is 3. The molecule has 2 aliphatic heterocycles. The summed E-state index contributed by atoms with van der Waals surface area (Å²) in [6, 6.07) is 3.72.